The van der Waals surface area contributed by atoms with Crippen molar-refractivity contribution >= 4 is 17.2 Å². The predicted octanol–water partition coefficient (Wildman–Crippen LogP) is 2.71. The van der Waals surface area contributed by atoms with Crippen molar-refractivity contribution in [3.8, 4) is 23.3 Å². The van der Waals surface area contributed by atoms with Gasteiger partial charge < -0.3 is 15.2 Å². The number of ether oxygens (including phenoxy) is 2. The van der Waals surface area contributed by atoms with Crippen LogP contribution in [0.4, 0.5) is 5.69 Å². The monoisotopic (exact) mass is 309 g/mol. The molecule has 0 unspecified atom stereocenters. The summed E-state index contributed by atoms with van der Waals surface area (Å²) in [4.78, 5) is 0. The van der Waals surface area contributed by atoms with E-state index in [9.17, 15) is 0 Å². The molecule has 7 heteroatoms. The number of hydrogen-bond acceptors (Lipinski definition) is 6. The second-order valence-electron chi connectivity index (χ2n) is 4.37. The average molecular weight is 309 g/mol. The Morgan fingerprint density at radius 1 is 1.22 bits per heavy atom. The first-order valence-electron chi connectivity index (χ1n) is 6.63. The van der Waals surface area contributed by atoms with Gasteiger partial charge in [0, 0.05) is 6.07 Å². The van der Waals surface area contributed by atoms with E-state index in [1.165, 1.54) is 7.11 Å². The van der Waals surface area contributed by atoms with E-state index in [1.54, 1.807) is 24.3 Å². The molecule has 0 spiro atoms. The van der Waals surface area contributed by atoms with E-state index < -0.39 is 5.84 Å². The Hall–Kier alpha value is -3.53. The van der Waals surface area contributed by atoms with E-state index >= 15 is 0 Å². The number of benzene rings is 2. The summed E-state index contributed by atoms with van der Waals surface area (Å²) in [7, 11) is 1.51. The van der Waals surface area contributed by atoms with Crippen LogP contribution in [0.25, 0.3) is 0 Å². The largest absolute Gasteiger partial charge is 0.495 e. The van der Waals surface area contributed by atoms with Crippen LogP contribution in [0, 0.1) is 16.7 Å². The highest BCUT2D eigenvalue weighted by Crippen LogP contribution is 2.31. The van der Waals surface area contributed by atoms with Crippen LogP contribution in [0.1, 0.15) is 0 Å². The molecule has 0 fully saturated rings. The van der Waals surface area contributed by atoms with Gasteiger partial charge in [0.2, 0.25) is 5.71 Å². The normalized spacial score (nSPS) is 10.5. The molecule has 4 N–H and O–H groups in total. The molecule has 2 aromatic carbocycles. The fraction of sp³-hybridized carbons (Fsp3) is 0.0625. The van der Waals surface area contributed by atoms with Crippen LogP contribution in [0.3, 0.4) is 0 Å². The van der Waals surface area contributed by atoms with Gasteiger partial charge in [0.15, 0.2) is 5.84 Å². The van der Waals surface area contributed by atoms with E-state index in [2.05, 4.69) is 10.5 Å². The van der Waals surface area contributed by atoms with Crippen molar-refractivity contribution in [2.75, 3.05) is 12.5 Å². The number of nitrogens with one attached hydrogen (secondary N) is 2. The number of hydrazone groups is 1. The van der Waals surface area contributed by atoms with Crippen molar-refractivity contribution in [3.05, 3.63) is 48.5 Å². The average Bonchev–Trinajstić information content (AvgIpc) is 2.56. The van der Waals surface area contributed by atoms with E-state index in [1.807, 2.05) is 30.3 Å². The SMILES string of the molecule is COc1ccc(Oc2ccccc2)cc1N/N=C(\C#N)C(=N)N. The van der Waals surface area contributed by atoms with Gasteiger partial charge in [-0.2, -0.15) is 10.4 Å². The number of anilines is 1. The van der Waals surface area contributed by atoms with Gasteiger partial charge in [-0.3, -0.25) is 10.8 Å². The third-order valence-electron chi connectivity index (χ3n) is 2.80. The molecular formula is C16H15N5O2. The molecule has 0 heterocycles. The number of nitriles is 1. The minimum Gasteiger partial charge on any atom is -0.495 e. The molecule has 2 rings (SSSR count). The third-order valence-corrected chi connectivity index (χ3v) is 2.80. The van der Waals surface area contributed by atoms with Gasteiger partial charge in [-0.15, -0.1) is 0 Å². The zero-order chi connectivity index (χ0) is 16.7. The Bertz CT molecular complexity index is 766. The van der Waals surface area contributed by atoms with E-state index in [4.69, 9.17) is 25.9 Å². The van der Waals surface area contributed by atoms with Crippen molar-refractivity contribution in [1.82, 2.24) is 0 Å². The van der Waals surface area contributed by atoms with Gasteiger partial charge in [0.05, 0.1) is 7.11 Å². The lowest BCUT2D eigenvalue weighted by molar-refractivity contribution is 0.414. The van der Waals surface area contributed by atoms with Gasteiger partial charge in [0.1, 0.15) is 29.0 Å². The number of amidine groups is 1. The summed E-state index contributed by atoms with van der Waals surface area (Å²) in [5, 5.41) is 19.9. The molecule has 0 aromatic heterocycles. The third kappa shape index (κ3) is 4.22. The van der Waals surface area contributed by atoms with Crippen LogP contribution in [0.5, 0.6) is 17.2 Å². The lowest BCUT2D eigenvalue weighted by Crippen LogP contribution is -2.21. The summed E-state index contributed by atoms with van der Waals surface area (Å²) in [5.41, 5.74) is 8.17. The summed E-state index contributed by atoms with van der Waals surface area (Å²) >= 11 is 0. The van der Waals surface area contributed by atoms with Crippen molar-refractivity contribution in [2.24, 2.45) is 10.8 Å². The predicted molar refractivity (Wildman–Crippen MR) is 88.1 cm³/mol. The maximum atomic E-state index is 8.85. The van der Waals surface area contributed by atoms with E-state index in [-0.39, 0.29) is 5.71 Å². The Labute approximate surface area is 133 Å². The summed E-state index contributed by atoms with van der Waals surface area (Å²) in [6.07, 6.45) is 0. The van der Waals surface area contributed by atoms with E-state index in [0.29, 0.717) is 22.9 Å². The first-order chi connectivity index (χ1) is 11.1. The molecule has 2 aromatic rings. The summed E-state index contributed by atoms with van der Waals surface area (Å²) in [5.74, 6) is 1.34. The highest BCUT2D eigenvalue weighted by Gasteiger charge is 2.07. The quantitative estimate of drug-likeness (QED) is 0.431. The Morgan fingerprint density at radius 2 is 1.96 bits per heavy atom. The number of methoxy groups -OCH3 is 1. The molecule has 0 aliphatic heterocycles. The molecular weight excluding hydrogens is 294 g/mol. The molecule has 0 atom stereocenters. The molecule has 0 radical (unpaired) electrons. The molecule has 0 aliphatic rings. The van der Waals surface area contributed by atoms with Gasteiger partial charge in [-0.25, -0.2) is 0 Å². The molecule has 116 valence electrons. The zero-order valence-corrected chi connectivity index (χ0v) is 12.4. The number of nitrogens with zero attached hydrogens (tertiary/aromatic N) is 2. The zero-order valence-electron chi connectivity index (χ0n) is 12.4. The Kier molecular flexibility index (Phi) is 5.15. The van der Waals surface area contributed by atoms with Crippen molar-refractivity contribution < 1.29 is 9.47 Å². The second kappa shape index (κ2) is 7.47. The summed E-state index contributed by atoms with van der Waals surface area (Å²) in [6.45, 7) is 0. The fourth-order valence-corrected chi connectivity index (χ4v) is 1.72. The van der Waals surface area contributed by atoms with Gasteiger partial charge in [-0.1, -0.05) is 18.2 Å². The summed E-state index contributed by atoms with van der Waals surface area (Å²) < 4.78 is 10.9. The highest BCUT2D eigenvalue weighted by atomic mass is 16.5. The molecule has 23 heavy (non-hydrogen) atoms. The van der Waals surface area contributed by atoms with Crippen LogP contribution in [0.15, 0.2) is 53.6 Å². The number of hydrogen-bond donors (Lipinski definition) is 3. The standard InChI is InChI=1S/C16H15N5O2/c1-22-15-8-7-12(23-11-5-3-2-4-6-11)9-13(15)20-21-14(10-17)16(18)19/h2-9,20H,1H3,(H3,18,19)/b21-14+. The van der Waals surface area contributed by atoms with Crippen LogP contribution < -0.4 is 20.6 Å². The Morgan fingerprint density at radius 3 is 2.57 bits per heavy atom. The van der Waals surface area contributed by atoms with Crippen molar-refractivity contribution in [3.63, 3.8) is 0 Å². The van der Waals surface area contributed by atoms with Crippen LogP contribution in [-0.2, 0) is 0 Å². The number of para-hydroxylation sites is 1. The number of rotatable bonds is 6. The van der Waals surface area contributed by atoms with Gasteiger partial charge >= 0.3 is 0 Å². The minimum atomic E-state index is -0.421. The first-order valence-corrected chi connectivity index (χ1v) is 6.63. The second-order valence-corrected chi connectivity index (χ2v) is 4.37. The molecule has 0 aliphatic carbocycles. The van der Waals surface area contributed by atoms with E-state index in [0.717, 1.165) is 0 Å². The molecule has 0 bridgehead atoms. The van der Waals surface area contributed by atoms with Gasteiger partial charge in [-0.05, 0) is 24.3 Å². The lowest BCUT2D eigenvalue weighted by atomic mass is 10.2. The van der Waals surface area contributed by atoms with Crippen LogP contribution in [-0.4, -0.2) is 18.7 Å². The smallest absolute Gasteiger partial charge is 0.201 e. The van der Waals surface area contributed by atoms with Crippen molar-refractivity contribution in [1.29, 1.82) is 10.7 Å². The van der Waals surface area contributed by atoms with Crippen molar-refractivity contribution in [2.45, 2.75) is 0 Å². The highest BCUT2D eigenvalue weighted by molar-refractivity contribution is 6.45. The summed E-state index contributed by atoms with van der Waals surface area (Å²) in [6, 6.07) is 16.2. The topological polar surface area (TPSA) is 117 Å². The van der Waals surface area contributed by atoms with Gasteiger partial charge in [0.25, 0.3) is 0 Å². The molecule has 7 nitrogen and oxygen atoms in total. The first kappa shape index (κ1) is 15.9. The molecule has 0 saturated carbocycles. The number of nitrogens with two attached hydrogens (primary N) is 1. The van der Waals surface area contributed by atoms with Crippen LogP contribution >= 0.6 is 0 Å². The maximum Gasteiger partial charge on any atom is 0.201 e. The Balaban J connectivity index is 2.26. The van der Waals surface area contributed by atoms with Crippen LogP contribution in [0.2, 0.25) is 0 Å². The fourth-order valence-electron chi connectivity index (χ4n) is 1.72. The lowest BCUT2D eigenvalue weighted by Gasteiger charge is -2.11. The minimum absolute atomic E-state index is 0.221. The maximum absolute atomic E-state index is 8.85. The molecule has 0 saturated heterocycles. The molecule has 0 amide bonds.